The van der Waals surface area contributed by atoms with Gasteiger partial charge in [0.2, 0.25) is 11.9 Å². The Hall–Kier alpha value is -1.73. The van der Waals surface area contributed by atoms with E-state index >= 15 is 0 Å². The van der Waals surface area contributed by atoms with Gasteiger partial charge in [-0.25, -0.2) is 10.8 Å². The first-order chi connectivity index (χ1) is 9.47. The molecule has 0 radical (unpaired) electrons. The van der Waals surface area contributed by atoms with Gasteiger partial charge in [0.05, 0.1) is 0 Å². The molecule has 4 N–H and O–H groups in total. The molecule has 0 aromatic carbocycles. The van der Waals surface area contributed by atoms with E-state index in [1.54, 1.807) is 5.01 Å². The van der Waals surface area contributed by atoms with Crippen molar-refractivity contribution in [1.82, 2.24) is 15.0 Å². The Balaban J connectivity index is 1.97. The number of anilines is 2. The fourth-order valence-corrected chi connectivity index (χ4v) is 3.03. The molecule has 2 heterocycles. The van der Waals surface area contributed by atoms with Crippen LogP contribution < -0.4 is 16.6 Å². The van der Waals surface area contributed by atoms with Crippen LogP contribution in [-0.2, 0) is 6.42 Å². The van der Waals surface area contributed by atoms with Crippen LogP contribution in [0, 0.1) is 13.8 Å². The average molecular weight is 292 g/mol. The van der Waals surface area contributed by atoms with E-state index in [2.05, 4.69) is 41.8 Å². The molecular formula is C13H20N6S. The van der Waals surface area contributed by atoms with E-state index in [-0.39, 0.29) is 12.0 Å². The SMILES string of the molecule is Cc1cc(CCC(C)N(N)c2ncnc(N)n2)c(C)s1. The molecule has 0 aliphatic heterocycles. The highest BCUT2D eigenvalue weighted by atomic mass is 32.1. The molecule has 0 spiro atoms. The molecular weight excluding hydrogens is 272 g/mol. The van der Waals surface area contributed by atoms with Gasteiger partial charge in [0.15, 0.2) is 0 Å². The molecule has 2 rings (SSSR count). The summed E-state index contributed by atoms with van der Waals surface area (Å²) in [4.78, 5) is 14.6. The summed E-state index contributed by atoms with van der Waals surface area (Å²) in [5.41, 5.74) is 6.93. The van der Waals surface area contributed by atoms with Gasteiger partial charge in [-0.15, -0.1) is 11.3 Å². The van der Waals surface area contributed by atoms with Crippen molar-refractivity contribution in [1.29, 1.82) is 0 Å². The van der Waals surface area contributed by atoms with E-state index in [4.69, 9.17) is 11.6 Å². The summed E-state index contributed by atoms with van der Waals surface area (Å²) in [5, 5.41) is 1.55. The topological polar surface area (TPSA) is 94.0 Å². The van der Waals surface area contributed by atoms with E-state index in [1.165, 1.54) is 21.6 Å². The van der Waals surface area contributed by atoms with Crippen molar-refractivity contribution in [2.45, 2.75) is 39.7 Å². The van der Waals surface area contributed by atoms with Crippen molar-refractivity contribution in [3.8, 4) is 0 Å². The Bertz CT molecular complexity index is 582. The van der Waals surface area contributed by atoms with Crippen molar-refractivity contribution in [2.75, 3.05) is 10.7 Å². The Morgan fingerprint density at radius 2 is 2.10 bits per heavy atom. The van der Waals surface area contributed by atoms with Crippen LogP contribution in [0.25, 0.3) is 0 Å². The number of nitrogens with zero attached hydrogens (tertiary/aromatic N) is 4. The van der Waals surface area contributed by atoms with E-state index in [0.717, 1.165) is 12.8 Å². The lowest BCUT2D eigenvalue weighted by atomic mass is 10.1. The molecule has 0 amide bonds. The van der Waals surface area contributed by atoms with Crippen LogP contribution in [0.2, 0.25) is 0 Å². The average Bonchev–Trinajstić information content (AvgIpc) is 2.73. The second kappa shape index (κ2) is 6.15. The Morgan fingerprint density at radius 1 is 1.35 bits per heavy atom. The van der Waals surface area contributed by atoms with Crippen LogP contribution in [0.4, 0.5) is 11.9 Å². The quantitative estimate of drug-likeness (QED) is 0.645. The first kappa shape index (κ1) is 14.7. The molecule has 0 aliphatic carbocycles. The summed E-state index contributed by atoms with van der Waals surface area (Å²) in [6.07, 6.45) is 3.29. The molecule has 2 aromatic rings. The van der Waals surface area contributed by atoms with Gasteiger partial charge >= 0.3 is 0 Å². The van der Waals surface area contributed by atoms with Gasteiger partial charge in [-0.3, -0.25) is 5.01 Å². The second-order valence-corrected chi connectivity index (χ2v) is 6.34. The number of rotatable bonds is 5. The number of aromatic nitrogens is 3. The van der Waals surface area contributed by atoms with Crippen LogP contribution >= 0.6 is 11.3 Å². The Kier molecular flexibility index (Phi) is 4.51. The third kappa shape index (κ3) is 3.43. The molecule has 0 saturated carbocycles. The summed E-state index contributed by atoms with van der Waals surface area (Å²) >= 11 is 1.83. The highest BCUT2D eigenvalue weighted by Crippen LogP contribution is 2.23. The van der Waals surface area contributed by atoms with Crippen LogP contribution in [0.1, 0.15) is 28.7 Å². The molecule has 7 heteroatoms. The third-order valence-electron chi connectivity index (χ3n) is 3.26. The summed E-state index contributed by atoms with van der Waals surface area (Å²) in [5.74, 6) is 6.63. The zero-order valence-corrected chi connectivity index (χ0v) is 12.8. The predicted octanol–water partition coefficient (Wildman–Crippen LogP) is 1.83. The maximum absolute atomic E-state index is 6.04. The van der Waals surface area contributed by atoms with E-state index in [0.29, 0.717) is 5.95 Å². The van der Waals surface area contributed by atoms with Crippen molar-refractivity contribution < 1.29 is 0 Å². The molecule has 2 aromatic heterocycles. The smallest absolute Gasteiger partial charge is 0.244 e. The van der Waals surface area contributed by atoms with Crippen LogP contribution in [0.5, 0.6) is 0 Å². The Labute approximate surface area is 122 Å². The third-order valence-corrected chi connectivity index (χ3v) is 4.27. The molecule has 108 valence electrons. The monoisotopic (exact) mass is 292 g/mol. The highest BCUT2D eigenvalue weighted by Gasteiger charge is 2.15. The molecule has 6 nitrogen and oxygen atoms in total. The van der Waals surface area contributed by atoms with E-state index < -0.39 is 0 Å². The summed E-state index contributed by atoms with van der Waals surface area (Å²) in [6.45, 7) is 6.34. The van der Waals surface area contributed by atoms with E-state index in [9.17, 15) is 0 Å². The lowest BCUT2D eigenvalue weighted by Crippen LogP contribution is -2.41. The lowest BCUT2D eigenvalue weighted by Gasteiger charge is -2.23. The standard InChI is InChI=1S/C13H20N6S/c1-8(4-5-11-6-9(2)20-10(11)3)19(15)13-17-7-16-12(14)18-13/h6-8H,4-5,15H2,1-3H3,(H2,14,16,17,18). The van der Waals surface area contributed by atoms with Gasteiger partial charge in [0.1, 0.15) is 6.33 Å². The number of thiophene rings is 1. The number of nitrogens with two attached hydrogens (primary N) is 2. The summed E-state index contributed by atoms with van der Waals surface area (Å²) < 4.78 is 0. The molecule has 1 atom stereocenters. The minimum Gasteiger partial charge on any atom is -0.368 e. The van der Waals surface area contributed by atoms with Gasteiger partial charge in [0, 0.05) is 15.8 Å². The molecule has 0 fully saturated rings. The van der Waals surface area contributed by atoms with Crippen molar-refractivity contribution in [3.63, 3.8) is 0 Å². The molecule has 1 unspecified atom stereocenters. The van der Waals surface area contributed by atoms with Crippen LogP contribution in [-0.4, -0.2) is 21.0 Å². The Morgan fingerprint density at radius 3 is 2.70 bits per heavy atom. The van der Waals surface area contributed by atoms with Crippen molar-refractivity contribution in [3.05, 3.63) is 27.7 Å². The zero-order valence-electron chi connectivity index (χ0n) is 12.0. The summed E-state index contributed by atoms with van der Waals surface area (Å²) in [6, 6.07) is 2.37. The highest BCUT2D eigenvalue weighted by molar-refractivity contribution is 7.12. The van der Waals surface area contributed by atoms with Crippen LogP contribution in [0.3, 0.4) is 0 Å². The van der Waals surface area contributed by atoms with Crippen LogP contribution in [0.15, 0.2) is 12.4 Å². The maximum Gasteiger partial charge on any atom is 0.244 e. The van der Waals surface area contributed by atoms with Gasteiger partial charge in [0.25, 0.3) is 0 Å². The first-order valence-electron chi connectivity index (χ1n) is 6.51. The number of nitrogen functional groups attached to an aromatic ring is 1. The largest absolute Gasteiger partial charge is 0.368 e. The fourth-order valence-electron chi connectivity index (χ4n) is 2.06. The number of aryl methyl sites for hydroxylation is 3. The number of hydrogen-bond acceptors (Lipinski definition) is 7. The maximum atomic E-state index is 6.04. The summed E-state index contributed by atoms with van der Waals surface area (Å²) in [7, 11) is 0. The molecule has 20 heavy (non-hydrogen) atoms. The van der Waals surface area contributed by atoms with Gasteiger partial charge < -0.3 is 5.73 Å². The molecule has 0 aliphatic rings. The normalized spacial score (nSPS) is 12.4. The van der Waals surface area contributed by atoms with Gasteiger partial charge in [-0.2, -0.15) is 9.97 Å². The van der Waals surface area contributed by atoms with Crippen molar-refractivity contribution >= 4 is 23.2 Å². The fraction of sp³-hybridized carbons (Fsp3) is 0.462. The lowest BCUT2D eigenvalue weighted by molar-refractivity contribution is 0.588. The molecule has 0 bridgehead atoms. The van der Waals surface area contributed by atoms with Gasteiger partial charge in [-0.05, 0) is 45.2 Å². The molecule has 0 saturated heterocycles. The first-order valence-corrected chi connectivity index (χ1v) is 7.33. The zero-order chi connectivity index (χ0) is 14.7. The minimum absolute atomic E-state index is 0.122. The van der Waals surface area contributed by atoms with Crippen molar-refractivity contribution in [2.24, 2.45) is 5.84 Å². The number of hydrogen-bond donors (Lipinski definition) is 2. The number of hydrazine groups is 1. The second-order valence-electron chi connectivity index (χ2n) is 4.88. The minimum atomic E-state index is 0.122. The van der Waals surface area contributed by atoms with E-state index in [1.807, 2.05) is 11.3 Å². The predicted molar refractivity (Wildman–Crippen MR) is 82.5 cm³/mol. The van der Waals surface area contributed by atoms with Gasteiger partial charge in [-0.1, -0.05) is 0 Å².